The number of likely N-dealkylation sites (tertiary alicyclic amines) is 2. The lowest BCUT2D eigenvalue weighted by atomic mass is 9.89. The van der Waals surface area contributed by atoms with Crippen LogP contribution in [0.25, 0.3) is 0 Å². The summed E-state index contributed by atoms with van der Waals surface area (Å²) in [5.41, 5.74) is 0. The highest BCUT2D eigenvalue weighted by Gasteiger charge is 2.21. The third-order valence-corrected chi connectivity index (χ3v) is 8.44. The molecule has 6 nitrogen and oxygen atoms in total. The lowest BCUT2D eigenvalue weighted by Gasteiger charge is -2.33. The Morgan fingerprint density at radius 3 is 1.83 bits per heavy atom. The first kappa shape index (κ1) is 25.1. The second-order valence-electron chi connectivity index (χ2n) is 9.49. The maximum atomic E-state index is 11.4. The second-order valence-corrected chi connectivity index (χ2v) is 14.0. The third kappa shape index (κ3) is 11.7. The molecule has 0 aromatic heterocycles. The molecule has 2 rings (SSSR count). The second kappa shape index (κ2) is 12.0. The van der Waals surface area contributed by atoms with Crippen LogP contribution in [0.1, 0.15) is 57.8 Å². The molecule has 8 heteroatoms. The summed E-state index contributed by atoms with van der Waals surface area (Å²) in [5, 5.41) is 0. The van der Waals surface area contributed by atoms with Crippen LogP contribution in [0.15, 0.2) is 0 Å². The SMILES string of the molecule is CS(=O)(=O)CCN1CCC(CCCCCC2CCCN(CCS(C)(=O)=O)C2)CC1. The molecule has 0 saturated carbocycles. The summed E-state index contributed by atoms with van der Waals surface area (Å²) in [4.78, 5) is 4.64. The Balaban J connectivity index is 1.51. The molecule has 0 aromatic rings. The van der Waals surface area contributed by atoms with E-state index in [0.29, 0.717) is 13.1 Å². The van der Waals surface area contributed by atoms with Crippen LogP contribution >= 0.6 is 0 Å². The molecule has 2 saturated heterocycles. The normalized spacial score (nSPS) is 23.4. The van der Waals surface area contributed by atoms with E-state index in [1.165, 1.54) is 70.3 Å². The predicted molar refractivity (Wildman–Crippen MR) is 121 cm³/mol. The standard InChI is InChI=1S/C21H42N2O4S2/c1-28(24,25)17-15-22-13-10-20(11-14-22)7-4-3-5-8-21-9-6-12-23(19-21)16-18-29(2,26)27/h20-21H,3-19H2,1-2H3. The van der Waals surface area contributed by atoms with Crippen LogP contribution in [0.2, 0.25) is 0 Å². The van der Waals surface area contributed by atoms with E-state index in [1.54, 1.807) is 0 Å². The van der Waals surface area contributed by atoms with Crippen molar-refractivity contribution in [2.75, 3.05) is 63.3 Å². The van der Waals surface area contributed by atoms with Crippen LogP contribution < -0.4 is 0 Å². The van der Waals surface area contributed by atoms with Gasteiger partial charge in [0, 0.05) is 32.1 Å². The van der Waals surface area contributed by atoms with E-state index in [4.69, 9.17) is 0 Å². The van der Waals surface area contributed by atoms with Gasteiger partial charge in [0.2, 0.25) is 0 Å². The van der Waals surface area contributed by atoms with Gasteiger partial charge in [0.15, 0.2) is 0 Å². The zero-order valence-corrected chi connectivity index (χ0v) is 20.2. The van der Waals surface area contributed by atoms with E-state index in [0.717, 1.165) is 38.0 Å². The van der Waals surface area contributed by atoms with Crippen LogP contribution in [-0.4, -0.2) is 89.9 Å². The van der Waals surface area contributed by atoms with E-state index in [2.05, 4.69) is 9.80 Å². The van der Waals surface area contributed by atoms with E-state index in [9.17, 15) is 16.8 Å². The minimum atomic E-state index is -2.86. The quantitative estimate of drug-likeness (QED) is 0.425. The minimum Gasteiger partial charge on any atom is -0.302 e. The minimum absolute atomic E-state index is 0.282. The molecule has 2 aliphatic rings. The van der Waals surface area contributed by atoms with Crippen molar-refractivity contribution in [2.45, 2.75) is 57.8 Å². The fourth-order valence-corrected chi connectivity index (χ4v) is 5.90. The molecule has 172 valence electrons. The van der Waals surface area contributed by atoms with Crippen LogP contribution in [-0.2, 0) is 19.7 Å². The van der Waals surface area contributed by atoms with Gasteiger partial charge in [-0.15, -0.1) is 0 Å². The topological polar surface area (TPSA) is 74.8 Å². The van der Waals surface area contributed by atoms with Crippen LogP contribution in [0.4, 0.5) is 0 Å². The number of rotatable bonds is 12. The Morgan fingerprint density at radius 1 is 0.690 bits per heavy atom. The highest BCUT2D eigenvalue weighted by atomic mass is 32.2. The summed E-state index contributed by atoms with van der Waals surface area (Å²) in [6.07, 6.45) is 14.0. The van der Waals surface area contributed by atoms with Gasteiger partial charge in [-0.3, -0.25) is 0 Å². The van der Waals surface area contributed by atoms with E-state index >= 15 is 0 Å². The maximum absolute atomic E-state index is 11.4. The Bertz CT molecular complexity index is 671. The first-order valence-electron chi connectivity index (χ1n) is 11.4. The summed E-state index contributed by atoms with van der Waals surface area (Å²) in [6.45, 7) is 5.60. The zero-order valence-electron chi connectivity index (χ0n) is 18.5. The van der Waals surface area contributed by atoms with Crippen LogP contribution in [0, 0.1) is 11.8 Å². The number of nitrogens with zero attached hydrogens (tertiary/aromatic N) is 2. The zero-order chi connectivity index (χ0) is 21.3. The van der Waals surface area contributed by atoms with Gasteiger partial charge in [-0.05, 0) is 63.6 Å². The molecular weight excluding hydrogens is 408 g/mol. The molecule has 0 aromatic carbocycles. The number of hydrogen-bond acceptors (Lipinski definition) is 6. The predicted octanol–water partition coefficient (Wildman–Crippen LogP) is 2.45. The van der Waals surface area contributed by atoms with Crippen LogP contribution in [0.3, 0.4) is 0 Å². The summed E-state index contributed by atoms with van der Waals surface area (Å²) >= 11 is 0. The van der Waals surface area contributed by atoms with Gasteiger partial charge >= 0.3 is 0 Å². The van der Waals surface area contributed by atoms with Crippen molar-refractivity contribution in [3.8, 4) is 0 Å². The van der Waals surface area contributed by atoms with Crippen molar-refractivity contribution < 1.29 is 16.8 Å². The molecule has 2 aliphatic heterocycles. The molecule has 1 atom stereocenters. The number of piperidine rings is 2. The average Bonchev–Trinajstić information content (AvgIpc) is 2.65. The highest BCUT2D eigenvalue weighted by molar-refractivity contribution is 7.90. The summed E-state index contributed by atoms with van der Waals surface area (Å²) in [5.74, 6) is 2.11. The Kier molecular flexibility index (Phi) is 10.4. The van der Waals surface area contributed by atoms with Crippen molar-refractivity contribution >= 4 is 19.7 Å². The van der Waals surface area contributed by atoms with Gasteiger partial charge in [-0.2, -0.15) is 0 Å². The molecule has 0 radical (unpaired) electrons. The molecule has 1 unspecified atom stereocenters. The van der Waals surface area contributed by atoms with Crippen molar-refractivity contribution in [3.05, 3.63) is 0 Å². The largest absolute Gasteiger partial charge is 0.302 e. The van der Waals surface area contributed by atoms with Gasteiger partial charge < -0.3 is 9.80 Å². The van der Waals surface area contributed by atoms with Crippen molar-refractivity contribution in [3.63, 3.8) is 0 Å². The fraction of sp³-hybridized carbons (Fsp3) is 1.00. The molecule has 0 N–H and O–H groups in total. The number of unbranched alkanes of at least 4 members (excludes halogenated alkanes) is 2. The van der Waals surface area contributed by atoms with Gasteiger partial charge in [0.05, 0.1) is 11.5 Å². The van der Waals surface area contributed by atoms with Crippen molar-refractivity contribution in [1.82, 2.24) is 9.80 Å². The molecular formula is C21H42N2O4S2. The van der Waals surface area contributed by atoms with Gasteiger partial charge in [-0.1, -0.05) is 25.7 Å². The first-order chi connectivity index (χ1) is 13.6. The van der Waals surface area contributed by atoms with Crippen LogP contribution in [0.5, 0.6) is 0 Å². The van der Waals surface area contributed by atoms with Crippen molar-refractivity contribution in [2.24, 2.45) is 11.8 Å². The van der Waals surface area contributed by atoms with Crippen molar-refractivity contribution in [1.29, 1.82) is 0 Å². The van der Waals surface area contributed by atoms with E-state index in [1.807, 2.05) is 0 Å². The lowest BCUT2D eigenvalue weighted by Crippen LogP contribution is -2.38. The maximum Gasteiger partial charge on any atom is 0.148 e. The molecule has 2 heterocycles. The Morgan fingerprint density at radius 2 is 1.24 bits per heavy atom. The Labute approximate surface area is 179 Å². The monoisotopic (exact) mass is 450 g/mol. The smallest absolute Gasteiger partial charge is 0.148 e. The van der Waals surface area contributed by atoms with E-state index in [-0.39, 0.29) is 11.5 Å². The lowest BCUT2D eigenvalue weighted by molar-refractivity contribution is 0.172. The highest BCUT2D eigenvalue weighted by Crippen LogP contribution is 2.25. The Hall–Kier alpha value is -0.180. The van der Waals surface area contributed by atoms with E-state index < -0.39 is 19.7 Å². The van der Waals surface area contributed by atoms with Gasteiger partial charge in [0.25, 0.3) is 0 Å². The summed E-state index contributed by atoms with van der Waals surface area (Å²) < 4.78 is 45.3. The number of sulfone groups is 2. The van der Waals surface area contributed by atoms with Gasteiger partial charge in [-0.25, -0.2) is 16.8 Å². The average molecular weight is 451 g/mol. The molecule has 0 amide bonds. The molecule has 29 heavy (non-hydrogen) atoms. The first-order valence-corrected chi connectivity index (χ1v) is 15.5. The van der Waals surface area contributed by atoms with Gasteiger partial charge in [0.1, 0.15) is 19.7 Å². The molecule has 2 fully saturated rings. The number of hydrogen-bond donors (Lipinski definition) is 0. The summed E-state index contributed by atoms with van der Waals surface area (Å²) in [7, 11) is -5.71. The fourth-order valence-electron chi connectivity index (χ4n) is 4.72. The molecule has 0 bridgehead atoms. The summed E-state index contributed by atoms with van der Waals surface area (Å²) in [6, 6.07) is 0. The molecule has 0 aliphatic carbocycles. The molecule has 0 spiro atoms. The third-order valence-electron chi connectivity index (χ3n) is 6.59.